The molecule has 75 heavy (non-hydrogen) atoms. The Morgan fingerprint density at radius 3 is 2.41 bits per heavy atom. The molecule has 4 heterocycles. The normalized spacial score (nSPS) is 16.4. The van der Waals surface area contributed by atoms with E-state index in [0.717, 1.165) is 72.4 Å². The Balaban J connectivity index is 0.761. The highest BCUT2D eigenvalue weighted by Crippen LogP contribution is 2.42. The number of halogens is 3. The Morgan fingerprint density at radius 1 is 0.880 bits per heavy atom. The average molecular weight is 1060 g/mol. The summed E-state index contributed by atoms with van der Waals surface area (Å²) in [6.45, 7) is 8.28. The summed E-state index contributed by atoms with van der Waals surface area (Å²) < 4.78 is 22.7. The third-order valence-corrected chi connectivity index (χ3v) is 14.2. The third kappa shape index (κ3) is 12.7. The molecule has 4 amide bonds. The maximum absolute atomic E-state index is 17.1. The van der Waals surface area contributed by atoms with E-state index >= 15 is 4.39 Å². The standard InChI is InChI=1S/C56H62Cl2FN9O7/c1-56(2,3)75-55(74)67-22-20-66(21-23-67)50-43-30-44(58)47(42-29-39(69)27-35-13-9-10-14-40(35)42)48(59)49(43)64-53(65-50)60-19-11-7-5-4-6-8-12-33-25-37(57)28-38(26-33)62-54(73)61-31-34-15-16-41-36(24-34)32-68(52(41)72)45-17-18-46(70)63-51(45)71/h9-10,13-16,24-30,45,54,61-62,69,73H,4-8,11-12,17-23,31-32H2,1-3H3,(H,60,64,65)(H,63,70,71). The van der Waals surface area contributed by atoms with Gasteiger partial charge in [0.25, 0.3) is 5.91 Å². The summed E-state index contributed by atoms with van der Waals surface area (Å²) in [7, 11) is 0. The number of aryl methyl sites for hydroxylation is 1. The van der Waals surface area contributed by atoms with Crippen molar-refractivity contribution in [3.8, 4) is 16.9 Å². The van der Waals surface area contributed by atoms with Gasteiger partial charge in [0.15, 0.2) is 12.2 Å². The van der Waals surface area contributed by atoms with E-state index in [0.29, 0.717) is 78.7 Å². The lowest BCUT2D eigenvalue weighted by molar-refractivity contribution is -0.136. The van der Waals surface area contributed by atoms with Crippen LogP contribution in [0.4, 0.5) is 26.6 Å². The van der Waals surface area contributed by atoms with Gasteiger partial charge in [-0.1, -0.05) is 85.3 Å². The number of unbranched alkanes of at least 4 members (excludes halogenated alkanes) is 5. The number of rotatable bonds is 18. The van der Waals surface area contributed by atoms with Gasteiger partial charge in [-0.25, -0.2) is 14.2 Å². The fraction of sp³-hybridized carbons (Fsp3) is 0.393. The van der Waals surface area contributed by atoms with Crippen LogP contribution in [0.1, 0.15) is 99.2 Å². The zero-order chi connectivity index (χ0) is 53.0. The van der Waals surface area contributed by atoms with E-state index in [1.165, 1.54) is 11.0 Å². The van der Waals surface area contributed by atoms with E-state index in [9.17, 15) is 29.4 Å². The first kappa shape index (κ1) is 53.1. The Morgan fingerprint density at radius 2 is 1.64 bits per heavy atom. The molecule has 2 atom stereocenters. The molecule has 3 aliphatic rings. The summed E-state index contributed by atoms with van der Waals surface area (Å²) >= 11 is 13.5. The molecule has 1 aromatic heterocycles. The number of phenolic OH excluding ortho intramolecular Hbond substituents is 1. The van der Waals surface area contributed by atoms with Gasteiger partial charge in [0.1, 0.15) is 28.7 Å². The van der Waals surface area contributed by atoms with Gasteiger partial charge in [-0.05, 0) is 122 Å². The van der Waals surface area contributed by atoms with Crippen molar-refractivity contribution in [2.75, 3.05) is 48.3 Å². The number of amides is 4. The Kier molecular flexibility index (Phi) is 16.3. The van der Waals surface area contributed by atoms with Gasteiger partial charge in [-0.3, -0.25) is 25.0 Å². The number of piperidine rings is 1. The number of aromatic hydroxyl groups is 1. The van der Waals surface area contributed by atoms with Crippen molar-refractivity contribution in [1.29, 1.82) is 0 Å². The maximum Gasteiger partial charge on any atom is 0.410 e. The second-order valence-corrected chi connectivity index (χ2v) is 21.3. The van der Waals surface area contributed by atoms with Crippen LogP contribution in [-0.2, 0) is 33.8 Å². The number of fused-ring (bicyclic) bond motifs is 3. The third-order valence-electron chi connectivity index (χ3n) is 13.7. The number of nitrogens with one attached hydrogen (secondary N) is 4. The van der Waals surface area contributed by atoms with E-state index in [2.05, 4.69) is 21.3 Å². The summed E-state index contributed by atoms with van der Waals surface area (Å²) in [5.41, 5.74) is 3.93. The molecule has 0 aliphatic carbocycles. The molecule has 394 valence electrons. The topological polar surface area (TPSA) is 202 Å². The predicted molar refractivity (Wildman–Crippen MR) is 289 cm³/mol. The predicted octanol–water partition coefficient (Wildman–Crippen LogP) is 9.89. The lowest BCUT2D eigenvalue weighted by Gasteiger charge is -2.36. The molecule has 6 N–H and O–H groups in total. The number of aliphatic hydroxyl groups is 1. The fourth-order valence-electron chi connectivity index (χ4n) is 10.1. The van der Waals surface area contributed by atoms with E-state index in [4.69, 9.17) is 37.9 Å². The van der Waals surface area contributed by atoms with Crippen molar-refractivity contribution < 1.29 is 38.5 Å². The summed E-state index contributed by atoms with van der Waals surface area (Å²) in [6, 6.07) is 22.7. The van der Waals surface area contributed by atoms with Crippen molar-refractivity contribution in [2.24, 2.45) is 0 Å². The molecule has 3 aliphatic heterocycles. The highest BCUT2D eigenvalue weighted by Gasteiger charge is 2.39. The van der Waals surface area contributed by atoms with Crippen LogP contribution in [0, 0.1) is 5.82 Å². The first-order valence-electron chi connectivity index (χ1n) is 25.6. The van der Waals surface area contributed by atoms with Crippen molar-refractivity contribution >= 4 is 86.1 Å². The van der Waals surface area contributed by atoms with Crippen LogP contribution < -0.4 is 26.2 Å². The number of carbonyl (C=O) groups excluding carboxylic acids is 4. The van der Waals surface area contributed by atoms with E-state index in [-0.39, 0.29) is 58.7 Å². The van der Waals surface area contributed by atoms with Crippen molar-refractivity contribution in [3.63, 3.8) is 0 Å². The van der Waals surface area contributed by atoms with Gasteiger partial charge < -0.3 is 40.3 Å². The molecule has 16 nitrogen and oxygen atoms in total. The molecule has 6 aromatic rings. The number of benzene rings is 5. The number of carbonyl (C=O) groups is 4. The van der Waals surface area contributed by atoms with Crippen LogP contribution in [0.3, 0.4) is 0 Å². The Labute approximate surface area is 444 Å². The summed E-state index contributed by atoms with van der Waals surface area (Å²) in [4.78, 5) is 64.9. The average Bonchev–Trinajstić information content (AvgIpc) is 3.69. The van der Waals surface area contributed by atoms with E-state index in [1.54, 1.807) is 29.2 Å². The van der Waals surface area contributed by atoms with Crippen molar-refractivity contribution in [3.05, 3.63) is 117 Å². The first-order chi connectivity index (χ1) is 36.0. The van der Waals surface area contributed by atoms with Crippen molar-refractivity contribution in [1.82, 2.24) is 30.4 Å². The van der Waals surface area contributed by atoms with Crippen LogP contribution in [0.25, 0.3) is 32.8 Å². The van der Waals surface area contributed by atoms with E-state index < -0.39 is 29.7 Å². The smallest absolute Gasteiger partial charge is 0.410 e. The minimum absolute atomic E-state index is 0.0144. The molecule has 2 unspecified atom stereocenters. The van der Waals surface area contributed by atoms with Crippen LogP contribution in [-0.4, -0.2) is 105 Å². The molecule has 19 heteroatoms. The van der Waals surface area contributed by atoms with Crippen LogP contribution >= 0.6 is 23.2 Å². The number of imide groups is 1. The van der Waals surface area contributed by atoms with Crippen LogP contribution in [0.2, 0.25) is 10.0 Å². The van der Waals surface area contributed by atoms with Gasteiger partial charge in [0, 0.05) is 79.5 Å². The first-order valence-corrected chi connectivity index (χ1v) is 26.4. The number of aromatic nitrogens is 2. The highest BCUT2D eigenvalue weighted by atomic mass is 35.5. The van der Waals surface area contributed by atoms with Gasteiger partial charge in [-0.2, -0.15) is 4.98 Å². The number of nitrogens with zero attached hydrogens (tertiary/aromatic N) is 5. The molecular weight excluding hydrogens is 1000 g/mol. The van der Waals surface area contributed by atoms with Crippen LogP contribution in [0.15, 0.2) is 78.9 Å². The number of hydrogen-bond acceptors (Lipinski definition) is 13. The number of ether oxygens (including phenoxy) is 1. The SMILES string of the molecule is CC(C)(C)OC(=O)N1CCN(c2nc(NCCCCCCCCc3cc(Cl)cc(NC(O)NCc4ccc5c(c4)CN(C4CCC(=O)NC4=O)C5=O)c3)nc3c(F)c(-c4cc(O)cc5ccccc45)c(Cl)cc23)CC1. The Bertz CT molecular complexity index is 3150. The number of phenols is 1. The lowest BCUT2D eigenvalue weighted by Crippen LogP contribution is -2.52. The van der Waals surface area contributed by atoms with Gasteiger partial charge in [0.2, 0.25) is 17.8 Å². The molecule has 0 spiro atoms. The summed E-state index contributed by atoms with van der Waals surface area (Å²) in [5, 5.41) is 35.9. The molecule has 2 fully saturated rings. The molecular formula is C56H62Cl2FN9O7. The minimum atomic E-state index is -1.09. The van der Waals surface area contributed by atoms with Gasteiger partial charge in [-0.15, -0.1) is 0 Å². The minimum Gasteiger partial charge on any atom is -0.508 e. The summed E-state index contributed by atoms with van der Waals surface area (Å²) in [5.74, 6) is -0.874. The number of piperazine rings is 1. The van der Waals surface area contributed by atoms with Crippen LogP contribution in [0.5, 0.6) is 5.75 Å². The van der Waals surface area contributed by atoms with Gasteiger partial charge >= 0.3 is 6.09 Å². The molecule has 0 radical (unpaired) electrons. The largest absolute Gasteiger partial charge is 0.508 e. The molecule has 5 aromatic carbocycles. The van der Waals surface area contributed by atoms with Crippen molar-refractivity contribution in [2.45, 2.75) is 110 Å². The molecule has 2 saturated heterocycles. The molecule has 0 bridgehead atoms. The lowest BCUT2D eigenvalue weighted by atomic mass is 9.96. The summed E-state index contributed by atoms with van der Waals surface area (Å²) in [6.07, 6.45) is 5.64. The van der Waals surface area contributed by atoms with Gasteiger partial charge in [0.05, 0.1) is 5.02 Å². The maximum atomic E-state index is 17.1. The quantitative estimate of drug-likeness (QED) is 0.0270. The zero-order valence-electron chi connectivity index (χ0n) is 42.3. The fourth-order valence-corrected chi connectivity index (χ4v) is 10.6. The second-order valence-electron chi connectivity index (χ2n) is 20.4. The molecule has 9 rings (SSSR count). The monoisotopic (exact) mass is 1060 g/mol. The number of anilines is 3. The second kappa shape index (κ2) is 23.0. The zero-order valence-corrected chi connectivity index (χ0v) is 43.8. The highest BCUT2D eigenvalue weighted by molar-refractivity contribution is 6.35. The van der Waals surface area contributed by atoms with E-state index in [1.807, 2.05) is 74.2 Å². The Hall–Kier alpha value is -6.79. The number of aliphatic hydroxyl groups excluding tert-OH is 1. The number of hydrogen-bond donors (Lipinski definition) is 6. The molecule has 0 saturated carbocycles.